The Hall–Kier alpha value is -4.43. The number of rotatable bonds is 6. The SMILES string of the molecule is O=C1NC(=O)N(c2ccc(C(=O)[O-])cc2)C(=O)/C1=C/c1ccccc1OCc1ccccc1Cl. The fraction of sp³-hybridized carbons (Fsp3) is 0.0400. The van der Waals surface area contributed by atoms with Gasteiger partial charge in [0.15, 0.2) is 0 Å². The Morgan fingerprint density at radius 2 is 1.65 bits per heavy atom. The molecular formula is C25H16ClN2O6-. The molecule has 3 aromatic rings. The number of carboxylic acid groups (broad SMARTS) is 1. The van der Waals surface area contributed by atoms with Gasteiger partial charge in [0.25, 0.3) is 11.8 Å². The van der Waals surface area contributed by atoms with Gasteiger partial charge in [0, 0.05) is 16.1 Å². The fourth-order valence-corrected chi connectivity index (χ4v) is 3.49. The highest BCUT2D eigenvalue weighted by atomic mass is 35.5. The number of hydrogen-bond acceptors (Lipinski definition) is 6. The van der Waals surface area contributed by atoms with Crippen LogP contribution in [0, 0.1) is 0 Å². The summed E-state index contributed by atoms with van der Waals surface area (Å²) >= 11 is 6.18. The van der Waals surface area contributed by atoms with Crippen LogP contribution in [0.15, 0.2) is 78.4 Å². The summed E-state index contributed by atoms with van der Waals surface area (Å²) in [5.41, 5.74) is 0.876. The number of barbiturate groups is 1. The predicted molar refractivity (Wildman–Crippen MR) is 122 cm³/mol. The molecule has 1 fully saturated rings. The normalized spacial score (nSPS) is 14.8. The van der Waals surface area contributed by atoms with Crippen molar-refractivity contribution in [2.24, 2.45) is 0 Å². The number of nitrogens with zero attached hydrogens (tertiary/aromatic N) is 1. The first-order valence-electron chi connectivity index (χ1n) is 10.0. The lowest BCUT2D eigenvalue weighted by molar-refractivity contribution is -0.255. The second-order valence-corrected chi connectivity index (χ2v) is 7.62. The predicted octanol–water partition coefficient (Wildman–Crippen LogP) is 2.95. The molecule has 1 N–H and O–H groups in total. The lowest BCUT2D eigenvalue weighted by atomic mass is 10.1. The number of carboxylic acids is 1. The molecule has 1 aliphatic rings. The molecule has 0 saturated carbocycles. The summed E-state index contributed by atoms with van der Waals surface area (Å²) in [6.45, 7) is 0.162. The van der Waals surface area contributed by atoms with Gasteiger partial charge in [0.05, 0.1) is 11.7 Å². The maximum atomic E-state index is 13.1. The fourth-order valence-electron chi connectivity index (χ4n) is 3.30. The first kappa shape index (κ1) is 22.8. The van der Waals surface area contributed by atoms with Crippen LogP contribution in [0.5, 0.6) is 5.75 Å². The van der Waals surface area contributed by atoms with E-state index in [1.165, 1.54) is 30.3 Å². The Balaban J connectivity index is 1.63. The van der Waals surface area contributed by atoms with Gasteiger partial charge < -0.3 is 14.6 Å². The topological polar surface area (TPSA) is 116 Å². The molecule has 1 saturated heterocycles. The number of nitrogens with one attached hydrogen (secondary N) is 1. The lowest BCUT2D eigenvalue weighted by Crippen LogP contribution is -2.54. The van der Waals surface area contributed by atoms with E-state index in [0.717, 1.165) is 10.5 Å². The number of carbonyl (C=O) groups is 4. The van der Waals surface area contributed by atoms with Gasteiger partial charge in [-0.3, -0.25) is 14.9 Å². The van der Waals surface area contributed by atoms with E-state index in [1.54, 1.807) is 36.4 Å². The van der Waals surface area contributed by atoms with Crippen LogP contribution in [-0.4, -0.2) is 23.8 Å². The van der Waals surface area contributed by atoms with Crippen LogP contribution in [0.3, 0.4) is 0 Å². The van der Waals surface area contributed by atoms with E-state index in [-0.39, 0.29) is 23.4 Å². The third kappa shape index (κ3) is 4.67. The number of ether oxygens (including phenoxy) is 1. The molecule has 34 heavy (non-hydrogen) atoms. The van der Waals surface area contributed by atoms with Gasteiger partial charge in [-0.25, -0.2) is 9.69 Å². The van der Waals surface area contributed by atoms with Crippen molar-refractivity contribution in [3.05, 3.63) is 100 Å². The van der Waals surface area contributed by atoms with E-state index >= 15 is 0 Å². The number of halogens is 1. The highest BCUT2D eigenvalue weighted by Gasteiger charge is 2.37. The monoisotopic (exact) mass is 475 g/mol. The first-order valence-corrected chi connectivity index (χ1v) is 10.4. The number of para-hydroxylation sites is 1. The van der Waals surface area contributed by atoms with Crippen LogP contribution < -0.4 is 20.1 Å². The summed E-state index contributed by atoms with van der Waals surface area (Å²) in [4.78, 5) is 49.7. The van der Waals surface area contributed by atoms with Crippen molar-refractivity contribution in [2.45, 2.75) is 6.61 Å². The Morgan fingerprint density at radius 1 is 0.971 bits per heavy atom. The summed E-state index contributed by atoms with van der Waals surface area (Å²) in [5, 5.41) is 13.6. The summed E-state index contributed by atoms with van der Waals surface area (Å²) in [5.74, 6) is -2.73. The van der Waals surface area contributed by atoms with Crippen molar-refractivity contribution < 1.29 is 29.0 Å². The minimum atomic E-state index is -1.40. The molecule has 4 amide bonds. The minimum Gasteiger partial charge on any atom is -0.545 e. The Labute approximate surface area is 199 Å². The Kier molecular flexibility index (Phi) is 6.42. The van der Waals surface area contributed by atoms with Crippen molar-refractivity contribution >= 4 is 47.2 Å². The average molecular weight is 476 g/mol. The van der Waals surface area contributed by atoms with Gasteiger partial charge in [-0.1, -0.05) is 60.1 Å². The van der Waals surface area contributed by atoms with E-state index in [2.05, 4.69) is 5.32 Å². The molecule has 8 nitrogen and oxygen atoms in total. The van der Waals surface area contributed by atoms with Gasteiger partial charge in [0.1, 0.15) is 17.9 Å². The molecule has 0 aromatic heterocycles. The standard InChI is InChI=1S/C25H17ClN2O6/c26-20-7-3-1-6-17(20)14-34-21-8-4-2-5-16(21)13-19-22(29)27-25(33)28(23(19)30)18-11-9-15(10-12-18)24(31)32/h1-13H,14H2,(H,31,32)(H,27,29,33)/p-1/b19-13+. The van der Waals surface area contributed by atoms with Gasteiger partial charge in [-0.2, -0.15) is 0 Å². The van der Waals surface area contributed by atoms with Crippen molar-refractivity contribution in [2.75, 3.05) is 4.90 Å². The molecule has 0 bridgehead atoms. The average Bonchev–Trinajstić information content (AvgIpc) is 2.82. The Morgan fingerprint density at radius 3 is 2.35 bits per heavy atom. The van der Waals surface area contributed by atoms with Crippen molar-refractivity contribution in [3.63, 3.8) is 0 Å². The number of carbonyl (C=O) groups excluding carboxylic acids is 4. The summed E-state index contributed by atoms with van der Waals surface area (Å²) in [6.07, 6.45) is 1.33. The van der Waals surface area contributed by atoms with E-state index in [0.29, 0.717) is 16.3 Å². The highest BCUT2D eigenvalue weighted by molar-refractivity contribution is 6.39. The third-order valence-electron chi connectivity index (χ3n) is 5.02. The molecule has 3 aromatic carbocycles. The van der Waals surface area contributed by atoms with Crippen LogP contribution in [0.4, 0.5) is 10.5 Å². The van der Waals surface area contributed by atoms with Crippen LogP contribution in [0.25, 0.3) is 6.08 Å². The van der Waals surface area contributed by atoms with Gasteiger partial charge in [-0.05, 0) is 35.9 Å². The number of anilines is 1. The summed E-state index contributed by atoms with van der Waals surface area (Å²) in [6, 6.07) is 18.0. The molecule has 1 aliphatic heterocycles. The van der Waals surface area contributed by atoms with Crippen molar-refractivity contribution in [1.82, 2.24) is 5.32 Å². The zero-order valence-corrected chi connectivity index (χ0v) is 18.2. The first-order chi connectivity index (χ1) is 16.3. The number of aromatic carboxylic acids is 1. The van der Waals surface area contributed by atoms with Crippen LogP contribution in [0.2, 0.25) is 5.02 Å². The largest absolute Gasteiger partial charge is 0.545 e. The summed E-state index contributed by atoms with van der Waals surface area (Å²) < 4.78 is 5.87. The maximum Gasteiger partial charge on any atom is 0.335 e. The lowest BCUT2D eigenvalue weighted by Gasteiger charge is -2.26. The highest BCUT2D eigenvalue weighted by Crippen LogP contribution is 2.27. The van der Waals surface area contributed by atoms with Gasteiger partial charge in [0.2, 0.25) is 0 Å². The molecule has 170 valence electrons. The van der Waals surface area contributed by atoms with Crippen LogP contribution in [-0.2, 0) is 16.2 Å². The molecule has 0 aliphatic carbocycles. The number of benzene rings is 3. The zero-order chi connectivity index (χ0) is 24.2. The maximum absolute atomic E-state index is 13.1. The quantitative estimate of drug-likeness (QED) is 0.433. The van der Waals surface area contributed by atoms with Crippen LogP contribution in [0.1, 0.15) is 21.5 Å². The molecular weight excluding hydrogens is 460 g/mol. The third-order valence-corrected chi connectivity index (χ3v) is 5.39. The Bertz CT molecular complexity index is 1330. The number of imide groups is 2. The van der Waals surface area contributed by atoms with Crippen molar-refractivity contribution in [1.29, 1.82) is 0 Å². The van der Waals surface area contributed by atoms with Crippen LogP contribution >= 0.6 is 11.6 Å². The van der Waals surface area contributed by atoms with Gasteiger partial charge in [-0.15, -0.1) is 0 Å². The minimum absolute atomic E-state index is 0.0918. The molecule has 4 rings (SSSR count). The zero-order valence-electron chi connectivity index (χ0n) is 17.5. The van der Waals surface area contributed by atoms with E-state index < -0.39 is 23.8 Å². The second kappa shape index (κ2) is 9.60. The molecule has 1 heterocycles. The molecule has 0 atom stereocenters. The molecule has 0 spiro atoms. The summed E-state index contributed by atoms with van der Waals surface area (Å²) in [7, 11) is 0. The number of amides is 4. The second-order valence-electron chi connectivity index (χ2n) is 7.21. The van der Waals surface area contributed by atoms with E-state index in [9.17, 15) is 24.3 Å². The molecule has 9 heteroatoms. The molecule has 0 radical (unpaired) electrons. The number of hydrogen-bond donors (Lipinski definition) is 1. The van der Waals surface area contributed by atoms with Gasteiger partial charge >= 0.3 is 6.03 Å². The smallest absolute Gasteiger partial charge is 0.335 e. The molecule has 0 unspecified atom stereocenters. The van der Waals surface area contributed by atoms with E-state index in [1.807, 2.05) is 12.1 Å². The van der Waals surface area contributed by atoms with Crippen molar-refractivity contribution in [3.8, 4) is 5.75 Å². The van der Waals surface area contributed by atoms with E-state index in [4.69, 9.17) is 16.3 Å². The number of urea groups is 1.